The number of halogens is 1. The van der Waals surface area contributed by atoms with Gasteiger partial charge in [0.2, 0.25) is 0 Å². The third-order valence-corrected chi connectivity index (χ3v) is 3.17. The van der Waals surface area contributed by atoms with E-state index in [1.807, 2.05) is 0 Å². The van der Waals surface area contributed by atoms with Crippen molar-refractivity contribution in [2.45, 2.75) is 6.92 Å². The molecule has 0 aliphatic rings. The number of amides is 1. The maximum Gasteiger partial charge on any atom is 0.265 e. The van der Waals surface area contributed by atoms with E-state index in [1.165, 1.54) is 13.1 Å². The lowest BCUT2D eigenvalue weighted by Gasteiger charge is -2.04. The standard InChI is InChI=1S/C17H15ClN2O3/c1-12(21)14-4-8-16(9-5-14)20-17(22)11-23-19-10-13-2-6-15(18)7-3-13/h2-10H,11H2,1H3,(H,20,22)/b19-10-. The van der Waals surface area contributed by atoms with Gasteiger partial charge in [-0.3, -0.25) is 9.59 Å². The van der Waals surface area contributed by atoms with Crippen molar-refractivity contribution < 1.29 is 14.4 Å². The average Bonchev–Trinajstić information content (AvgIpc) is 2.54. The van der Waals surface area contributed by atoms with Crippen molar-refractivity contribution >= 4 is 35.2 Å². The van der Waals surface area contributed by atoms with Gasteiger partial charge < -0.3 is 10.2 Å². The number of nitrogens with zero attached hydrogens (tertiary/aromatic N) is 1. The molecule has 0 aromatic heterocycles. The summed E-state index contributed by atoms with van der Waals surface area (Å²) in [4.78, 5) is 27.8. The van der Waals surface area contributed by atoms with E-state index in [9.17, 15) is 9.59 Å². The van der Waals surface area contributed by atoms with Crippen LogP contribution < -0.4 is 5.32 Å². The lowest BCUT2D eigenvalue weighted by atomic mass is 10.1. The average molecular weight is 331 g/mol. The molecule has 0 saturated carbocycles. The maximum atomic E-state index is 11.7. The van der Waals surface area contributed by atoms with E-state index in [0.29, 0.717) is 16.3 Å². The molecule has 0 aliphatic heterocycles. The fraction of sp³-hybridized carbons (Fsp3) is 0.118. The van der Waals surface area contributed by atoms with Gasteiger partial charge in [0.1, 0.15) is 0 Å². The first-order valence-corrected chi connectivity index (χ1v) is 7.24. The monoisotopic (exact) mass is 330 g/mol. The molecule has 0 unspecified atom stereocenters. The molecule has 0 spiro atoms. The zero-order chi connectivity index (χ0) is 16.7. The van der Waals surface area contributed by atoms with E-state index < -0.39 is 0 Å². The molecule has 2 aromatic carbocycles. The molecular weight excluding hydrogens is 316 g/mol. The van der Waals surface area contributed by atoms with Gasteiger partial charge in [-0.1, -0.05) is 28.9 Å². The highest BCUT2D eigenvalue weighted by Crippen LogP contribution is 2.10. The van der Waals surface area contributed by atoms with E-state index in [2.05, 4.69) is 10.5 Å². The highest BCUT2D eigenvalue weighted by Gasteiger charge is 2.04. The van der Waals surface area contributed by atoms with Crippen molar-refractivity contribution in [3.05, 3.63) is 64.7 Å². The van der Waals surface area contributed by atoms with E-state index in [4.69, 9.17) is 16.4 Å². The Morgan fingerprint density at radius 2 is 1.78 bits per heavy atom. The molecule has 6 heteroatoms. The highest BCUT2D eigenvalue weighted by molar-refractivity contribution is 6.30. The first-order valence-electron chi connectivity index (χ1n) is 6.86. The van der Waals surface area contributed by atoms with Gasteiger partial charge in [-0.15, -0.1) is 0 Å². The van der Waals surface area contributed by atoms with E-state index >= 15 is 0 Å². The minimum Gasteiger partial charge on any atom is -0.386 e. The number of hydrogen-bond donors (Lipinski definition) is 1. The molecule has 0 aliphatic carbocycles. The Morgan fingerprint density at radius 1 is 1.13 bits per heavy atom. The van der Waals surface area contributed by atoms with Crippen LogP contribution in [-0.2, 0) is 9.63 Å². The minimum atomic E-state index is -0.339. The summed E-state index contributed by atoms with van der Waals surface area (Å²) < 4.78 is 0. The van der Waals surface area contributed by atoms with Crippen LogP contribution in [0.3, 0.4) is 0 Å². The van der Waals surface area contributed by atoms with Crippen LogP contribution in [0.5, 0.6) is 0 Å². The van der Waals surface area contributed by atoms with Crippen molar-refractivity contribution in [2.24, 2.45) is 5.16 Å². The molecule has 1 amide bonds. The third kappa shape index (κ3) is 5.56. The summed E-state index contributed by atoms with van der Waals surface area (Å²) in [5.74, 6) is -0.364. The molecule has 118 valence electrons. The molecule has 23 heavy (non-hydrogen) atoms. The smallest absolute Gasteiger partial charge is 0.265 e. The van der Waals surface area contributed by atoms with Crippen LogP contribution in [0.2, 0.25) is 5.02 Å². The van der Waals surface area contributed by atoms with Crippen LogP contribution in [0.4, 0.5) is 5.69 Å². The number of nitrogens with one attached hydrogen (secondary N) is 1. The molecule has 0 fully saturated rings. The van der Waals surface area contributed by atoms with Gasteiger partial charge in [0.25, 0.3) is 5.91 Å². The van der Waals surface area contributed by atoms with Crippen LogP contribution in [0.1, 0.15) is 22.8 Å². The summed E-state index contributed by atoms with van der Waals surface area (Å²) in [5, 5.41) is 7.00. The molecule has 2 rings (SSSR count). The zero-order valence-corrected chi connectivity index (χ0v) is 13.2. The van der Waals surface area contributed by atoms with Gasteiger partial charge in [0, 0.05) is 16.3 Å². The Labute approximate surface area is 138 Å². The van der Waals surface area contributed by atoms with E-state index in [1.54, 1.807) is 48.5 Å². The van der Waals surface area contributed by atoms with Gasteiger partial charge in [-0.05, 0) is 48.9 Å². The summed E-state index contributed by atoms with van der Waals surface area (Å²) in [7, 11) is 0. The Hall–Kier alpha value is -2.66. The second-order valence-electron chi connectivity index (χ2n) is 4.74. The van der Waals surface area contributed by atoms with Crippen molar-refractivity contribution in [3.63, 3.8) is 0 Å². The molecule has 5 nitrogen and oxygen atoms in total. The Kier molecular flexibility index (Phi) is 5.88. The number of rotatable bonds is 6. The number of benzene rings is 2. The van der Waals surface area contributed by atoms with Gasteiger partial charge in [-0.25, -0.2) is 0 Å². The van der Waals surface area contributed by atoms with Gasteiger partial charge in [0.15, 0.2) is 12.4 Å². The number of carbonyl (C=O) groups excluding carboxylic acids is 2. The molecule has 0 saturated heterocycles. The fourth-order valence-corrected chi connectivity index (χ4v) is 1.85. The molecule has 0 radical (unpaired) electrons. The molecule has 0 bridgehead atoms. The normalized spacial score (nSPS) is 10.5. The second-order valence-corrected chi connectivity index (χ2v) is 5.18. The van der Waals surface area contributed by atoms with Crippen LogP contribution in [0.15, 0.2) is 53.7 Å². The first kappa shape index (κ1) is 16.7. The first-order chi connectivity index (χ1) is 11.0. The minimum absolute atomic E-state index is 0.0252. The summed E-state index contributed by atoms with van der Waals surface area (Å²) in [6, 6.07) is 13.7. The van der Waals surface area contributed by atoms with Crippen molar-refractivity contribution in [3.8, 4) is 0 Å². The molecule has 0 atom stereocenters. The van der Waals surface area contributed by atoms with Crippen LogP contribution >= 0.6 is 11.6 Å². The summed E-state index contributed by atoms with van der Waals surface area (Å²) in [6.45, 7) is 1.28. The lowest BCUT2D eigenvalue weighted by Crippen LogP contribution is -2.17. The fourth-order valence-electron chi connectivity index (χ4n) is 1.73. The van der Waals surface area contributed by atoms with Gasteiger partial charge in [-0.2, -0.15) is 0 Å². The van der Waals surface area contributed by atoms with E-state index in [-0.39, 0.29) is 18.3 Å². The third-order valence-electron chi connectivity index (χ3n) is 2.92. The molecule has 2 aromatic rings. The van der Waals surface area contributed by atoms with Crippen molar-refractivity contribution in [2.75, 3.05) is 11.9 Å². The van der Waals surface area contributed by atoms with E-state index in [0.717, 1.165) is 5.56 Å². The Morgan fingerprint density at radius 3 is 2.39 bits per heavy atom. The number of Topliss-reactive ketones (excluding diaryl/α,β-unsaturated/α-hetero) is 1. The second kappa shape index (κ2) is 8.10. The van der Waals surface area contributed by atoms with Crippen LogP contribution in [0.25, 0.3) is 0 Å². The molecule has 1 N–H and O–H groups in total. The number of hydrogen-bond acceptors (Lipinski definition) is 4. The Balaban J connectivity index is 1.78. The van der Waals surface area contributed by atoms with Crippen molar-refractivity contribution in [1.29, 1.82) is 0 Å². The Bertz CT molecular complexity index is 710. The summed E-state index contributed by atoms with van der Waals surface area (Å²) >= 11 is 5.77. The number of ketones is 1. The maximum absolute atomic E-state index is 11.7. The van der Waals surface area contributed by atoms with Gasteiger partial charge in [0.05, 0.1) is 6.21 Å². The topological polar surface area (TPSA) is 67.8 Å². The zero-order valence-electron chi connectivity index (χ0n) is 12.5. The SMILES string of the molecule is CC(=O)c1ccc(NC(=O)CO/N=C\c2ccc(Cl)cc2)cc1. The number of anilines is 1. The molecular formula is C17H15ClN2O3. The molecule has 0 heterocycles. The van der Waals surface area contributed by atoms with Crippen molar-refractivity contribution in [1.82, 2.24) is 0 Å². The number of oxime groups is 1. The summed E-state index contributed by atoms with van der Waals surface area (Å²) in [6.07, 6.45) is 1.49. The van der Waals surface area contributed by atoms with Gasteiger partial charge >= 0.3 is 0 Å². The predicted octanol–water partition coefficient (Wildman–Crippen LogP) is 3.53. The summed E-state index contributed by atoms with van der Waals surface area (Å²) in [5.41, 5.74) is 1.99. The predicted molar refractivity (Wildman–Crippen MR) is 90.1 cm³/mol. The quantitative estimate of drug-likeness (QED) is 0.500. The largest absolute Gasteiger partial charge is 0.386 e. The van der Waals surface area contributed by atoms with Crippen LogP contribution in [0, 0.1) is 0 Å². The van der Waals surface area contributed by atoms with Crippen LogP contribution in [-0.4, -0.2) is 24.5 Å². The lowest BCUT2D eigenvalue weighted by molar-refractivity contribution is -0.120. The number of carbonyl (C=O) groups is 2. The highest BCUT2D eigenvalue weighted by atomic mass is 35.5.